The van der Waals surface area contributed by atoms with Crippen molar-refractivity contribution in [1.82, 2.24) is 0 Å². The maximum Gasteiger partial charge on any atom is 0.472 e. The molecule has 17 nitrogen and oxygen atoms in total. The molecule has 3 N–H and O–H groups in total. The van der Waals surface area contributed by atoms with Gasteiger partial charge in [-0.05, 0) is 43.4 Å². The van der Waals surface area contributed by atoms with Crippen molar-refractivity contribution in [3.63, 3.8) is 0 Å². The van der Waals surface area contributed by atoms with Crippen LogP contribution in [0, 0.1) is 17.8 Å². The molecule has 0 saturated heterocycles. The number of ether oxygens (including phenoxy) is 4. The number of aliphatic hydroxyl groups is 1. The van der Waals surface area contributed by atoms with Gasteiger partial charge in [-0.2, -0.15) is 0 Å². The second-order valence-electron chi connectivity index (χ2n) is 26.5. The van der Waals surface area contributed by atoms with Gasteiger partial charge in [-0.15, -0.1) is 0 Å². The van der Waals surface area contributed by atoms with Gasteiger partial charge in [0.25, 0.3) is 0 Å². The summed E-state index contributed by atoms with van der Waals surface area (Å²) in [7, 11) is -9.90. The van der Waals surface area contributed by atoms with Crippen molar-refractivity contribution in [3.05, 3.63) is 0 Å². The first kappa shape index (κ1) is 87.1. The maximum atomic E-state index is 13.0. The number of hydrogen-bond acceptors (Lipinski definition) is 15. The molecule has 0 rings (SSSR count). The van der Waals surface area contributed by atoms with Crippen molar-refractivity contribution in [1.29, 1.82) is 0 Å². The largest absolute Gasteiger partial charge is 0.472 e. The predicted molar refractivity (Wildman–Crippen MR) is 358 cm³/mol. The van der Waals surface area contributed by atoms with Crippen LogP contribution in [0.4, 0.5) is 0 Å². The maximum absolute atomic E-state index is 13.0. The van der Waals surface area contributed by atoms with E-state index in [-0.39, 0.29) is 25.7 Å². The minimum Gasteiger partial charge on any atom is -0.462 e. The highest BCUT2D eigenvalue weighted by atomic mass is 31.2. The molecule has 0 bridgehead atoms. The number of carbonyl (C=O) groups is 4. The fraction of sp³-hybridized carbons (Fsp3) is 0.943. The Balaban J connectivity index is 5.21. The van der Waals surface area contributed by atoms with Crippen molar-refractivity contribution in [2.24, 2.45) is 17.8 Å². The molecule has 0 saturated carbocycles. The Morgan fingerprint density at radius 1 is 0.326 bits per heavy atom. The quantitative estimate of drug-likeness (QED) is 0.0222. The lowest BCUT2D eigenvalue weighted by molar-refractivity contribution is -0.161. The molecule has 0 aromatic carbocycles. The van der Waals surface area contributed by atoms with Crippen LogP contribution in [0.25, 0.3) is 0 Å². The Labute approximate surface area is 543 Å². The van der Waals surface area contributed by atoms with Gasteiger partial charge in [0.2, 0.25) is 0 Å². The highest BCUT2D eigenvalue weighted by molar-refractivity contribution is 7.47. The van der Waals surface area contributed by atoms with Crippen molar-refractivity contribution in [2.75, 3.05) is 39.6 Å². The molecule has 3 unspecified atom stereocenters. The second kappa shape index (κ2) is 61.0. The van der Waals surface area contributed by atoms with Gasteiger partial charge in [-0.3, -0.25) is 37.3 Å². The zero-order chi connectivity index (χ0) is 65.9. The van der Waals surface area contributed by atoms with E-state index in [0.29, 0.717) is 25.7 Å². The fourth-order valence-electron chi connectivity index (χ4n) is 10.5. The molecule has 0 aliphatic heterocycles. The Hall–Kier alpha value is -1.94. The van der Waals surface area contributed by atoms with Gasteiger partial charge < -0.3 is 33.8 Å². The van der Waals surface area contributed by atoms with Crippen molar-refractivity contribution in [3.8, 4) is 0 Å². The lowest BCUT2D eigenvalue weighted by Gasteiger charge is -2.21. The van der Waals surface area contributed by atoms with E-state index in [9.17, 15) is 43.2 Å². The standard InChI is InChI=1S/C70H136O17P2/c1-8-10-11-12-27-37-44-51-67(72)80-57-66(87-70(75)54-47-40-33-32-36-43-50-63(7)9-2)60-85-89(78,79)83-56-64(71)55-82-88(76,77)84-59-65(86-69(74)53-46-39-31-26-22-18-14-16-20-24-29-35-42-49-62(5)6)58-81-68(73)52-45-38-30-25-21-17-13-15-19-23-28-34-41-48-61(3)4/h61-66,71H,8-60H2,1-7H3,(H,76,77)(H,78,79)/t63?,64-,65-,66-/m1/s1. The molecule has 0 radical (unpaired) electrons. The predicted octanol–water partition coefficient (Wildman–Crippen LogP) is 19.8. The average Bonchev–Trinajstić information content (AvgIpc) is 3.50. The van der Waals surface area contributed by atoms with Crippen LogP contribution in [0.15, 0.2) is 0 Å². The van der Waals surface area contributed by atoms with Crippen LogP contribution >= 0.6 is 15.6 Å². The number of esters is 4. The van der Waals surface area contributed by atoms with Gasteiger partial charge in [0, 0.05) is 25.7 Å². The van der Waals surface area contributed by atoms with Crippen LogP contribution in [0.5, 0.6) is 0 Å². The second-order valence-corrected chi connectivity index (χ2v) is 29.4. The lowest BCUT2D eigenvalue weighted by atomic mass is 10.00. The molecule has 89 heavy (non-hydrogen) atoms. The van der Waals surface area contributed by atoms with Gasteiger partial charge in [0.1, 0.15) is 19.3 Å². The first-order chi connectivity index (χ1) is 42.8. The molecule has 19 heteroatoms. The van der Waals surface area contributed by atoms with E-state index in [4.69, 9.17) is 37.0 Å². The van der Waals surface area contributed by atoms with E-state index in [1.165, 1.54) is 148 Å². The number of unbranched alkanes of at least 4 members (excludes halogenated alkanes) is 35. The first-order valence-electron chi connectivity index (χ1n) is 36.4. The third kappa shape index (κ3) is 63.2. The average molecular weight is 1310 g/mol. The Bertz CT molecular complexity index is 1750. The number of carbonyl (C=O) groups excluding carboxylic acids is 4. The zero-order valence-electron chi connectivity index (χ0n) is 57.9. The van der Waals surface area contributed by atoms with Gasteiger partial charge in [-0.1, -0.05) is 299 Å². The van der Waals surface area contributed by atoms with Crippen LogP contribution in [-0.4, -0.2) is 96.7 Å². The molecular formula is C70H136O17P2. The van der Waals surface area contributed by atoms with Crippen molar-refractivity contribution in [2.45, 2.75) is 369 Å². The zero-order valence-corrected chi connectivity index (χ0v) is 59.7. The smallest absolute Gasteiger partial charge is 0.462 e. The molecule has 0 aromatic rings. The summed E-state index contributed by atoms with van der Waals surface area (Å²) in [5.74, 6) is 0.165. The highest BCUT2D eigenvalue weighted by Crippen LogP contribution is 2.45. The number of rotatable bonds is 68. The van der Waals surface area contributed by atoms with E-state index >= 15 is 0 Å². The molecule has 0 aliphatic carbocycles. The van der Waals surface area contributed by atoms with E-state index in [2.05, 4.69) is 48.5 Å². The topological polar surface area (TPSA) is 237 Å². The minimum atomic E-state index is -4.95. The highest BCUT2D eigenvalue weighted by Gasteiger charge is 2.30. The Kier molecular flexibility index (Phi) is 59.6. The van der Waals surface area contributed by atoms with Crippen LogP contribution in [0.1, 0.15) is 350 Å². The first-order valence-corrected chi connectivity index (χ1v) is 39.4. The number of phosphoric acid groups is 2. The van der Waals surface area contributed by atoms with E-state index in [0.717, 1.165) is 120 Å². The monoisotopic (exact) mass is 1310 g/mol. The Morgan fingerprint density at radius 3 is 0.854 bits per heavy atom. The van der Waals surface area contributed by atoms with Gasteiger partial charge in [0.05, 0.1) is 26.4 Å². The van der Waals surface area contributed by atoms with Crippen LogP contribution in [-0.2, 0) is 65.4 Å². The molecule has 0 amide bonds. The molecule has 6 atom stereocenters. The Morgan fingerprint density at radius 2 is 0.573 bits per heavy atom. The summed E-state index contributed by atoms with van der Waals surface area (Å²) in [6.07, 6.45) is 44.6. The van der Waals surface area contributed by atoms with Crippen LogP contribution in [0.2, 0.25) is 0 Å². The minimum absolute atomic E-state index is 0.102. The summed E-state index contributed by atoms with van der Waals surface area (Å²) in [5, 5.41) is 10.6. The molecule has 0 aliphatic rings. The molecule has 0 spiro atoms. The summed E-state index contributed by atoms with van der Waals surface area (Å²) >= 11 is 0. The fourth-order valence-corrected chi connectivity index (χ4v) is 12.1. The molecule has 0 fully saturated rings. The van der Waals surface area contributed by atoms with Crippen molar-refractivity contribution >= 4 is 39.5 Å². The molecular weight excluding hydrogens is 1170 g/mol. The van der Waals surface area contributed by atoms with Gasteiger partial charge in [0.15, 0.2) is 12.2 Å². The van der Waals surface area contributed by atoms with Gasteiger partial charge in [-0.25, -0.2) is 9.13 Å². The van der Waals surface area contributed by atoms with Crippen LogP contribution < -0.4 is 0 Å². The lowest BCUT2D eigenvalue weighted by Crippen LogP contribution is -2.30. The normalized spacial score (nSPS) is 14.5. The summed E-state index contributed by atoms with van der Waals surface area (Å²) in [5.41, 5.74) is 0. The summed E-state index contributed by atoms with van der Waals surface area (Å²) in [6, 6.07) is 0. The third-order valence-corrected chi connectivity index (χ3v) is 18.4. The van der Waals surface area contributed by atoms with E-state index < -0.39 is 97.5 Å². The molecule has 528 valence electrons. The summed E-state index contributed by atoms with van der Waals surface area (Å²) in [6.45, 7) is 11.8. The van der Waals surface area contributed by atoms with Crippen LogP contribution in [0.3, 0.4) is 0 Å². The SMILES string of the molecule is CCCCCCCCCC(=O)OC[C@H](COP(=O)(O)OC[C@H](O)COP(=O)(O)OC[C@@H](COC(=O)CCCCCCCCCCCCCCCC(C)C)OC(=O)CCCCCCCCCCCCCCCC(C)C)OC(=O)CCCCCCCCC(C)CC. The van der Waals surface area contributed by atoms with E-state index in [1.54, 1.807) is 0 Å². The van der Waals surface area contributed by atoms with E-state index in [1.807, 2.05) is 0 Å². The molecule has 0 aromatic heterocycles. The third-order valence-electron chi connectivity index (χ3n) is 16.5. The number of phosphoric ester groups is 2. The number of aliphatic hydroxyl groups excluding tert-OH is 1. The number of hydrogen-bond donors (Lipinski definition) is 3. The summed E-state index contributed by atoms with van der Waals surface area (Å²) < 4.78 is 68.2. The summed E-state index contributed by atoms with van der Waals surface area (Å²) in [4.78, 5) is 72.4. The van der Waals surface area contributed by atoms with Gasteiger partial charge >= 0.3 is 39.5 Å². The molecule has 0 heterocycles. The van der Waals surface area contributed by atoms with Crippen molar-refractivity contribution < 1.29 is 80.2 Å².